The average molecular weight is 277 g/mol. The van der Waals surface area contributed by atoms with Gasteiger partial charge in [0.1, 0.15) is 11.6 Å². The maximum Gasteiger partial charge on any atom is 0.293 e. The minimum atomic E-state index is -0.490. The van der Waals surface area contributed by atoms with E-state index in [4.69, 9.17) is 4.52 Å². The Kier molecular flexibility index (Phi) is 4.24. The number of benzene rings is 1. The standard InChI is InChI=1S/C14H12FNO4/c1-9-13(12(16-20-9)5-6-19-8-17)14(18)10-3-2-4-11(15)7-10/h2-4,7-8H,5-6H2,1H3. The number of carbonyl (C=O) groups is 2. The van der Waals surface area contributed by atoms with Gasteiger partial charge in [-0.25, -0.2) is 4.39 Å². The van der Waals surface area contributed by atoms with Gasteiger partial charge in [0, 0.05) is 12.0 Å². The number of carbonyl (C=O) groups excluding carboxylic acids is 2. The number of rotatable bonds is 6. The van der Waals surface area contributed by atoms with Gasteiger partial charge in [0.25, 0.3) is 6.47 Å². The second kappa shape index (κ2) is 6.10. The molecule has 0 saturated carbocycles. The molecule has 1 aromatic heterocycles. The molecule has 1 aromatic carbocycles. The molecule has 1 heterocycles. The maximum absolute atomic E-state index is 13.2. The zero-order valence-corrected chi connectivity index (χ0v) is 10.8. The minimum Gasteiger partial charge on any atom is -0.467 e. The summed E-state index contributed by atoms with van der Waals surface area (Å²) >= 11 is 0. The molecular weight excluding hydrogens is 265 g/mol. The first-order valence-corrected chi connectivity index (χ1v) is 5.94. The molecule has 0 fully saturated rings. The molecule has 2 aromatic rings. The van der Waals surface area contributed by atoms with Crippen molar-refractivity contribution < 1.29 is 23.2 Å². The van der Waals surface area contributed by atoms with Crippen molar-refractivity contribution in [2.45, 2.75) is 13.3 Å². The van der Waals surface area contributed by atoms with E-state index in [1.807, 2.05) is 0 Å². The molecule has 20 heavy (non-hydrogen) atoms. The van der Waals surface area contributed by atoms with Gasteiger partial charge in [0.2, 0.25) is 0 Å². The molecule has 2 rings (SSSR count). The number of hydrogen-bond donors (Lipinski definition) is 0. The Morgan fingerprint density at radius 1 is 1.50 bits per heavy atom. The Bertz CT molecular complexity index is 636. The number of nitrogens with zero attached hydrogens (tertiary/aromatic N) is 1. The fourth-order valence-corrected chi connectivity index (χ4v) is 1.86. The van der Waals surface area contributed by atoms with Gasteiger partial charge in [-0.2, -0.15) is 0 Å². The monoisotopic (exact) mass is 277 g/mol. The van der Waals surface area contributed by atoms with Crippen LogP contribution in [0.1, 0.15) is 27.4 Å². The third-order valence-corrected chi connectivity index (χ3v) is 2.77. The molecule has 6 heteroatoms. The summed E-state index contributed by atoms with van der Waals surface area (Å²) in [6.45, 7) is 2.02. The topological polar surface area (TPSA) is 69.4 Å². The van der Waals surface area contributed by atoms with Crippen molar-refractivity contribution in [2.24, 2.45) is 0 Å². The van der Waals surface area contributed by atoms with E-state index in [1.165, 1.54) is 18.2 Å². The van der Waals surface area contributed by atoms with Gasteiger partial charge in [-0.1, -0.05) is 17.3 Å². The maximum atomic E-state index is 13.2. The first kappa shape index (κ1) is 13.9. The summed E-state index contributed by atoms with van der Waals surface area (Å²) in [6.07, 6.45) is 0.256. The zero-order valence-electron chi connectivity index (χ0n) is 10.8. The van der Waals surface area contributed by atoms with Crippen molar-refractivity contribution in [1.82, 2.24) is 5.16 Å². The molecule has 0 radical (unpaired) electrons. The molecule has 0 amide bonds. The first-order chi connectivity index (χ1) is 9.63. The van der Waals surface area contributed by atoms with Gasteiger partial charge in [0.15, 0.2) is 5.78 Å². The van der Waals surface area contributed by atoms with Crippen molar-refractivity contribution in [3.63, 3.8) is 0 Å². The van der Waals surface area contributed by atoms with Crippen LogP contribution in [0.15, 0.2) is 28.8 Å². The highest BCUT2D eigenvalue weighted by atomic mass is 19.1. The molecular formula is C14H12FNO4. The summed E-state index contributed by atoms with van der Waals surface area (Å²) in [5, 5.41) is 3.77. The fraction of sp³-hybridized carbons (Fsp3) is 0.214. The van der Waals surface area contributed by atoms with E-state index >= 15 is 0 Å². The van der Waals surface area contributed by atoms with Crippen LogP contribution in [0.3, 0.4) is 0 Å². The molecule has 0 unspecified atom stereocenters. The van der Waals surface area contributed by atoms with Gasteiger partial charge in [0.05, 0.1) is 17.9 Å². The molecule has 0 N–H and O–H groups in total. The Hall–Kier alpha value is -2.50. The summed E-state index contributed by atoms with van der Waals surface area (Å²) in [5.74, 6) is -0.513. The normalized spacial score (nSPS) is 10.3. The van der Waals surface area contributed by atoms with Gasteiger partial charge in [-0.3, -0.25) is 9.59 Å². The van der Waals surface area contributed by atoms with E-state index in [0.717, 1.165) is 6.07 Å². The highest BCUT2D eigenvalue weighted by molar-refractivity contribution is 6.10. The second-order valence-corrected chi connectivity index (χ2v) is 4.12. The lowest BCUT2D eigenvalue weighted by molar-refractivity contribution is -0.128. The lowest BCUT2D eigenvalue weighted by Crippen LogP contribution is -2.08. The highest BCUT2D eigenvalue weighted by Crippen LogP contribution is 2.19. The van der Waals surface area contributed by atoms with E-state index in [0.29, 0.717) is 17.9 Å². The van der Waals surface area contributed by atoms with E-state index in [-0.39, 0.29) is 29.9 Å². The molecule has 104 valence electrons. The Morgan fingerprint density at radius 3 is 3.00 bits per heavy atom. The van der Waals surface area contributed by atoms with Gasteiger partial charge >= 0.3 is 0 Å². The SMILES string of the molecule is Cc1onc(CCOC=O)c1C(=O)c1cccc(F)c1. The third-order valence-electron chi connectivity index (χ3n) is 2.77. The Balaban J connectivity index is 2.29. The molecule has 0 aliphatic carbocycles. The third kappa shape index (κ3) is 2.90. The number of hydrogen-bond acceptors (Lipinski definition) is 5. The van der Waals surface area contributed by atoms with Crippen molar-refractivity contribution >= 4 is 12.3 Å². The Morgan fingerprint density at radius 2 is 2.30 bits per heavy atom. The summed E-state index contributed by atoms with van der Waals surface area (Å²) < 4.78 is 22.7. The van der Waals surface area contributed by atoms with Crippen molar-refractivity contribution in [1.29, 1.82) is 0 Å². The van der Waals surface area contributed by atoms with E-state index < -0.39 is 5.82 Å². The second-order valence-electron chi connectivity index (χ2n) is 4.12. The predicted molar refractivity (Wildman–Crippen MR) is 66.8 cm³/mol. The van der Waals surface area contributed by atoms with Gasteiger partial charge in [-0.15, -0.1) is 0 Å². The van der Waals surface area contributed by atoms with Crippen LogP contribution >= 0.6 is 0 Å². The fourth-order valence-electron chi connectivity index (χ4n) is 1.86. The van der Waals surface area contributed by atoms with Crippen LogP contribution in [-0.2, 0) is 16.0 Å². The molecule has 0 aliphatic rings. The van der Waals surface area contributed by atoms with E-state index in [9.17, 15) is 14.0 Å². The summed E-state index contributed by atoms with van der Waals surface area (Å²) in [7, 11) is 0. The summed E-state index contributed by atoms with van der Waals surface area (Å²) in [5.41, 5.74) is 0.887. The number of halogens is 1. The quantitative estimate of drug-likeness (QED) is 0.459. The van der Waals surface area contributed by atoms with Crippen molar-refractivity contribution in [2.75, 3.05) is 6.61 Å². The number of ether oxygens (including phenoxy) is 1. The van der Waals surface area contributed by atoms with Gasteiger partial charge < -0.3 is 9.26 Å². The van der Waals surface area contributed by atoms with Crippen molar-refractivity contribution in [3.05, 3.63) is 52.7 Å². The van der Waals surface area contributed by atoms with Crippen LogP contribution in [0.5, 0.6) is 0 Å². The average Bonchev–Trinajstić information content (AvgIpc) is 2.79. The number of aryl methyl sites for hydroxylation is 1. The first-order valence-electron chi connectivity index (χ1n) is 5.94. The van der Waals surface area contributed by atoms with E-state index in [1.54, 1.807) is 6.92 Å². The molecule has 0 bridgehead atoms. The van der Waals surface area contributed by atoms with Crippen LogP contribution in [0, 0.1) is 12.7 Å². The Labute approximate surface area is 114 Å². The van der Waals surface area contributed by atoms with Gasteiger partial charge in [-0.05, 0) is 19.1 Å². The molecule has 0 atom stereocenters. The van der Waals surface area contributed by atoms with E-state index in [2.05, 4.69) is 9.89 Å². The molecule has 0 aliphatic heterocycles. The predicted octanol–water partition coefficient (Wildman–Crippen LogP) is 2.07. The molecule has 0 saturated heterocycles. The molecule has 0 spiro atoms. The van der Waals surface area contributed by atoms with Crippen molar-refractivity contribution in [3.8, 4) is 0 Å². The van der Waals surface area contributed by atoms with Crippen LogP contribution in [0.25, 0.3) is 0 Å². The van der Waals surface area contributed by atoms with Crippen LogP contribution in [-0.4, -0.2) is 24.0 Å². The number of ketones is 1. The lowest BCUT2D eigenvalue weighted by Gasteiger charge is -2.02. The van der Waals surface area contributed by atoms with Crippen LogP contribution in [0.4, 0.5) is 4.39 Å². The molecule has 5 nitrogen and oxygen atoms in total. The van der Waals surface area contributed by atoms with Crippen LogP contribution in [0.2, 0.25) is 0 Å². The summed E-state index contributed by atoms with van der Waals surface area (Å²) in [6, 6.07) is 5.39. The highest BCUT2D eigenvalue weighted by Gasteiger charge is 2.21. The lowest BCUT2D eigenvalue weighted by atomic mass is 10.0. The minimum absolute atomic E-state index is 0.0961. The van der Waals surface area contributed by atoms with Crippen LogP contribution < -0.4 is 0 Å². The zero-order chi connectivity index (χ0) is 14.5. The number of aromatic nitrogens is 1. The smallest absolute Gasteiger partial charge is 0.293 e. The summed E-state index contributed by atoms with van der Waals surface area (Å²) in [4.78, 5) is 22.5. The largest absolute Gasteiger partial charge is 0.467 e.